The summed E-state index contributed by atoms with van der Waals surface area (Å²) in [5.41, 5.74) is -0.0220. The smallest absolute Gasteiger partial charge is 0.266 e. The van der Waals surface area contributed by atoms with Gasteiger partial charge in [-0.3, -0.25) is 14.4 Å². The van der Waals surface area contributed by atoms with E-state index in [1.165, 1.54) is 24.3 Å². The van der Waals surface area contributed by atoms with Crippen LogP contribution in [0.2, 0.25) is 0 Å². The Balaban J connectivity index is 2.49. The number of sulfonamides is 1. The van der Waals surface area contributed by atoms with Gasteiger partial charge in [-0.25, -0.2) is 12.8 Å². The molecule has 0 spiro atoms. The van der Waals surface area contributed by atoms with Crippen molar-refractivity contribution in [2.45, 2.75) is 11.8 Å². The fourth-order valence-corrected chi connectivity index (χ4v) is 3.45. The van der Waals surface area contributed by atoms with E-state index in [1.807, 2.05) is 0 Å². The van der Waals surface area contributed by atoms with Gasteiger partial charge in [0.15, 0.2) is 0 Å². The van der Waals surface area contributed by atoms with Gasteiger partial charge in [0.05, 0.1) is 15.5 Å². The van der Waals surface area contributed by atoms with Crippen molar-refractivity contribution in [3.05, 3.63) is 64.5 Å². The minimum Gasteiger partial charge on any atom is -0.266 e. The maximum atomic E-state index is 12.9. The lowest BCUT2D eigenvalue weighted by atomic mass is 10.3. The van der Waals surface area contributed by atoms with Gasteiger partial charge in [-0.05, 0) is 37.3 Å². The summed E-state index contributed by atoms with van der Waals surface area (Å²) in [7, 11) is -3.92. The first-order valence-electron chi connectivity index (χ1n) is 6.39. The van der Waals surface area contributed by atoms with Crippen LogP contribution in [0.5, 0.6) is 0 Å². The minimum absolute atomic E-state index is 0.0812. The lowest BCUT2D eigenvalue weighted by molar-refractivity contribution is -0.384. The first-order valence-corrected chi connectivity index (χ1v) is 7.83. The first-order chi connectivity index (χ1) is 10.4. The molecular formula is C14H13FN2O4S. The van der Waals surface area contributed by atoms with Crippen molar-refractivity contribution in [3.8, 4) is 0 Å². The second-order valence-corrected chi connectivity index (χ2v) is 6.26. The predicted molar refractivity (Wildman–Crippen MR) is 79.7 cm³/mol. The highest BCUT2D eigenvalue weighted by molar-refractivity contribution is 7.92. The van der Waals surface area contributed by atoms with Crippen LogP contribution in [0.4, 0.5) is 15.8 Å². The van der Waals surface area contributed by atoms with Gasteiger partial charge in [0.2, 0.25) is 0 Å². The van der Waals surface area contributed by atoms with E-state index < -0.39 is 20.8 Å². The molecular weight excluding hydrogens is 311 g/mol. The average molecular weight is 324 g/mol. The Hall–Kier alpha value is -2.48. The number of rotatable bonds is 5. The molecule has 0 saturated heterocycles. The number of nitro benzene ring substituents is 1. The number of nitro groups is 1. The molecule has 0 fully saturated rings. The highest BCUT2D eigenvalue weighted by atomic mass is 32.2. The zero-order valence-electron chi connectivity index (χ0n) is 11.6. The van der Waals surface area contributed by atoms with Gasteiger partial charge in [0, 0.05) is 18.7 Å². The minimum atomic E-state index is -3.92. The largest absolute Gasteiger partial charge is 0.271 e. The van der Waals surface area contributed by atoms with Crippen molar-refractivity contribution in [3.63, 3.8) is 0 Å². The Kier molecular flexibility index (Phi) is 4.41. The number of hydrogen-bond acceptors (Lipinski definition) is 4. The Morgan fingerprint density at radius 3 is 2.36 bits per heavy atom. The monoisotopic (exact) mass is 324 g/mol. The second kappa shape index (κ2) is 6.10. The van der Waals surface area contributed by atoms with E-state index in [0.717, 1.165) is 28.6 Å². The zero-order valence-corrected chi connectivity index (χ0v) is 12.5. The van der Waals surface area contributed by atoms with Gasteiger partial charge in [-0.1, -0.05) is 6.07 Å². The van der Waals surface area contributed by atoms with Crippen molar-refractivity contribution in [1.82, 2.24) is 0 Å². The van der Waals surface area contributed by atoms with Gasteiger partial charge in [-0.2, -0.15) is 0 Å². The third-order valence-electron chi connectivity index (χ3n) is 3.02. The Morgan fingerprint density at radius 1 is 1.18 bits per heavy atom. The van der Waals surface area contributed by atoms with Crippen molar-refractivity contribution >= 4 is 21.4 Å². The Morgan fingerprint density at radius 2 is 1.82 bits per heavy atom. The van der Waals surface area contributed by atoms with Crippen LogP contribution >= 0.6 is 0 Å². The second-order valence-electron chi connectivity index (χ2n) is 4.40. The molecule has 0 aliphatic rings. The molecule has 0 amide bonds. The van der Waals surface area contributed by atoms with Crippen molar-refractivity contribution < 1.29 is 17.7 Å². The van der Waals surface area contributed by atoms with E-state index in [-0.39, 0.29) is 22.8 Å². The standard InChI is InChI=1S/C14H13FN2O4S/c1-2-16(12-4-3-5-13(10-12)17(18)19)22(20,21)14-8-6-11(15)7-9-14/h3-10H,2H2,1H3. The third-order valence-corrected chi connectivity index (χ3v) is 4.93. The van der Waals surface area contributed by atoms with E-state index in [4.69, 9.17) is 0 Å². The van der Waals surface area contributed by atoms with Crippen LogP contribution in [0.1, 0.15) is 6.92 Å². The molecule has 0 aliphatic carbocycles. The molecule has 0 N–H and O–H groups in total. The summed E-state index contributed by atoms with van der Waals surface area (Å²) in [5, 5.41) is 10.8. The van der Waals surface area contributed by atoms with E-state index in [1.54, 1.807) is 6.92 Å². The van der Waals surface area contributed by atoms with Gasteiger partial charge >= 0.3 is 0 Å². The molecule has 0 aromatic heterocycles. The summed E-state index contributed by atoms with van der Waals surface area (Å²) in [5.74, 6) is -0.544. The molecule has 116 valence electrons. The quantitative estimate of drug-likeness (QED) is 0.625. The van der Waals surface area contributed by atoms with E-state index in [2.05, 4.69) is 0 Å². The van der Waals surface area contributed by atoms with Gasteiger partial charge in [-0.15, -0.1) is 0 Å². The topological polar surface area (TPSA) is 80.5 Å². The fraction of sp³-hybridized carbons (Fsp3) is 0.143. The fourth-order valence-electron chi connectivity index (χ4n) is 1.99. The molecule has 0 radical (unpaired) electrons. The third kappa shape index (κ3) is 3.06. The Labute approximate surface area is 127 Å². The predicted octanol–water partition coefficient (Wildman–Crippen LogP) is 2.95. The van der Waals surface area contributed by atoms with Crippen LogP contribution in [-0.2, 0) is 10.0 Å². The molecule has 6 nitrogen and oxygen atoms in total. The maximum absolute atomic E-state index is 12.9. The molecule has 2 rings (SSSR count). The van der Waals surface area contributed by atoms with Gasteiger partial charge < -0.3 is 0 Å². The number of hydrogen-bond donors (Lipinski definition) is 0. The van der Waals surface area contributed by atoms with E-state index in [9.17, 15) is 22.9 Å². The number of halogens is 1. The molecule has 0 saturated carbocycles. The highest BCUT2D eigenvalue weighted by Gasteiger charge is 2.24. The van der Waals surface area contributed by atoms with Crippen LogP contribution in [0, 0.1) is 15.9 Å². The summed E-state index contributed by atoms with van der Waals surface area (Å²) in [6, 6.07) is 9.76. The summed E-state index contributed by atoms with van der Waals surface area (Å²) in [4.78, 5) is 10.1. The average Bonchev–Trinajstić information content (AvgIpc) is 2.48. The van der Waals surface area contributed by atoms with Crippen LogP contribution in [0.15, 0.2) is 53.4 Å². The van der Waals surface area contributed by atoms with Gasteiger partial charge in [0.25, 0.3) is 15.7 Å². The van der Waals surface area contributed by atoms with Crippen LogP contribution in [-0.4, -0.2) is 19.9 Å². The molecule has 0 bridgehead atoms. The number of anilines is 1. The molecule has 2 aromatic rings. The zero-order chi connectivity index (χ0) is 16.3. The normalized spacial score (nSPS) is 11.2. The highest BCUT2D eigenvalue weighted by Crippen LogP contribution is 2.26. The molecule has 0 unspecified atom stereocenters. The number of nitrogens with zero attached hydrogens (tertiary/aromatic N) is 2. The van der Waals surface area contributed by atoms with Crippen molar-refractivity contribution in [1.29, 1.82) is 0 Å². The van der Waals surface area contributed by atoms with Crippen molar-refractivity contribution in [2.75, 3.05) is 10.8 Å². The lowest BCUT2D eigenvalue weighted by Gasteiger charge is -2.22. The van der Waals surface area contributed by atoms with Crippen LogP contribution in [0.25, 0.3) is 0 Å². The van der Waals surface area contributed by atoms with Crippen LogP contribution < -0.4 is 4.31 Å². The molecule has 22 heavy (non-hydrogen) atoms. The maximum Gasteiger partial charge on any atom is 0.271 e. The Bertz CT molecular complexity index is 791. The van der Waals surface area contributed by atoms with Crippen molar-refractivity contribution in [2.24, 2.45) is 0 Å². The molecule has 0 atom stereocenters. The molecule has 2 aromatic carbocycles. The lowest BCUT2D eigenvalue weighted by Crippen LogP contribution is -2.30. The van der Waals surface area contributed by atoms with Gasteiger partial charge in [0.1, 0.15) is 5.82 Å². The molecule has 0 aliphatic heterocycles. The summed E-state index contributed by atoms with van der Waals surface area (Å²) in [6.07, 6.45) is 0. The van der Waals surface area contributed by atoms with E-state index >= 15 is 0 Å². The molecule has 0 heterocycles. The summed E-state index contributed by atoms with van der Waals surface area (Å²) in [6.45, 7) is 1.70. The SMILES string of the molecule is CCN(c1cccc([N+](=O)[O-])c1)S(=O)(=O)c1ccc(F)cc1. The number of benzene rings is 2. The number of non-ortho nitro benzene ring substituents is 1. The first kappa shape index (κ1) is 15.9. The summed E-state index contributed by atoms with van der Waals surface area (Å²) >= 11 is 0. The summed E-state index contributed by atoms with van der Waals surface area (Å²) < 4.78 is 39.2. The molecule has 8 heteroatoms. The van der Waals surface area contributed by atoms with E-state index in [0.29, 0.717) is 0 Å². The van der Waals surface area contributed by atoms with Crippen LogP contribution in [0.3, 0.4) is 0 Å².